The summed E-state index contributed by atoms with van der Waals surface area (Å²) in [6.07, 6.45) is 4.95. The summed E-state index contributed by atoms with van der Waals surface area (Å²) in [6.45, 7) is 7.20. The molecule has 2 nitrogen and oxygen atoms in total. The van der Waals surface area contributed by atoms with Crippen molar-refractivity contribution >= 4 is 0 Å². The minimum absolute atomic E-state index is 0.135. The van der Waals surface area contributed by atoms with Crippen molar-refractivity contribution in [3.63, 3.8) is 0 Å². The highest BCUT2D eigenvalue weighted by Crippen LogP contribution is 2.04. The van der Waals surface area contributed by atoms with Gasteiger partial charge in [-0.3, -0.25) is 0 Å². The van der Waals surface area contributed by atoms with Gasteiger partial charge in [-0.05, 0) is 19.8 Å². The van der Waals surface area contributed by atoms with Gasteiger partial charge in [-0.2, -0.15) is 5.26 Å². The van der Waals surface area contributed by atoms with Gasteiger partial charge in [0.2, 0.25) is 0 Å². The van der Waals surface area contributed by atoms with Crippen LogP contribution >= 0.6 is 0 Å². The van der Waals surface area contributed by atoms with E-state index in [4.69, 9.17) is 5.26 Å². The third-order valence-electron chi connectivity index (χ3n) is 2.33. The Labute approximate surface area is 82.3 Å². The van der Waals surface area contributed by atoms with Gasteiger partial charge in [0.05, 0.1) is 12.0 Å². The summed E-state index contributed by atoms with van der Waals surface area (Å²) in [6, 6.07) is 2.85. The molecule has 1 N–H and O–H groups in total. The van der Waals surface area contributed by atoms with Crippen molar-refractivity contribution < 1.29 is 0 Å². The van der Waals surface area contributed by atoms with Gasteiger partial charge in [0.15, 0.2) is 0 Å². The summed E-state index contributed by atoms with van der Waals surface area (Å²) in [5.41, 5.74) is 0. The molecule has 0 spiro atoms. The molecule has 0 radical (unpaired) electrons. The second-order valence-corrected chi connectivity index (χ2v) is 3.69. The standard InChI is InChI=1S/C11H22N2/c1-4-6-7-11(5-2)13-9-10(3)8-12/h10-11,13H,4-7,9H2,1-3H3. The molecule has 0 saturated carbocycles. The van der Waals surface area contributed by atoms with Crippen LogP contribution in [0.15, 0.2) is 0 Å². The average Bonchev–Trinajstić information content (AvgIpc) is 2.17. The molecule has 0 bridgehead atoms. The average molecular weight is 182 g/mol. The predicted molar refractivity (Wildman–Crippen MR) is 56.4 cm³/mol. The van der Waals surface area contributed by atoms with E-state index in [1.54, 1.807) is 0 Å². The molecule has 0 aliphatic rings. The van der Waals surface area contributed by atoms with Crippen molar-refractivity contribution in [2.24, 2.45) is 5.92 Å². The number of unbranched alkanes of at least 4 members (excludes halogenated alkanes) is 1. The number of nitriles is 1. The van der Waals surface area contributed by atoms with Crippen molar-refractivity contribution in [2.45, 2.75) is 52.5 Å². The number of nitrogens with one attached hydrogen (secondary N) is 1. The Balaban J connectivity index is 3.54. The lowest BCUT2D eigenvalue weighted by Crippen LogP contribution is -2.31. The van der Waals surface area contributed by atoms with E-state index in [9.17, 15) is 0 Å². The van der Waals surface area contributed by atoms with Crippen LogP contribution in [-0.2, 0) is 0 Å². The van der Waals surface area contributed by atoms with Crippen LogP contribution in [0.3, 0.4) is 0 Å². The maximum Gasteiger partial charge on any atom is 0.0666 e. The molecule has 0 aromatic rings. The number of hydrogen-bond donors (Lipinski definition) is 1. The molecule has 2 atom stereocenters. The van der Waals surface area contributed by atoms with Gasteiger partial charge in [-0.1, -0.05) is 26.7 Å². The van der Waals surface area contributed by atoms with Crippen LogP contribution in [0.4, 0.5) is 0 Å². The van der Waals surface area contributed by atoms with E-state index in [0.717, 1.165) is 13.0 Å². The monoisotopic (exact) mass is 182 g/mol. The fraction of sp³-hybridized carbons (Fsp3) is 0.909. The summed E-state index contributed by atoms with van der Waals surface area (Å²) in [4.78, 5) is 0. The third kappa shape index (κ3) is 6.60. The molecule has 13 heavy (non-hydrogen) atoms. The molecular weight excluding hydrogens is 160 g/mol. The highest BCUT2D eigenvalue weighted by atomic mass is 14.9. The van der Waals surface area contributed by atoms with E-state index in [1.165, 1.54) is 19.3 Å². The summed E-state index contributed by atoms with van der Waals surface area (Å²) in [5, 5.41) is 12.0. The number of rotatable bonds is 7. The van der Waals surface area contributed by atoms with E-state index in [2.05, 4.69) is 25.2 Å². The minimum Gasteiger partial charge on any atom is -0.313 e. The van der Waals surface area contributed by atoms with Gasteiger partial charge < -0.3 is 5.32 Å². The van der Waals surface area contributed by atoms with Gasteiger partial charge in [0.25, 0.3) is 0 Å². The summed E-state index contributed by atoms with van der Waals surface area (Å²) < 4.78 is 0. The predicted octanol–water partition coefficient (Wildman–Crippen LogP) is 2.70. The Morgan fingerprint density at radius 3 is 2.54 bits per heavy atom. The lowest BCUT2D eigenvalue weighted by Gasteiger charge is -2.17. The van der Waals surface area contributed by atoms with E-state index < -0.39 is 0 Å². The fourth-order valence-electron chi connectivity index (χ4n) is 1.29. The molecule has 0 heterocycles. The molecule has 0 amide bonds. The smallest absolute Gasteiger partial charge is 0.0666 e. The second kappa shape index (κ2) is 8.07. The maximum atomic E-state index is 8.61. The molecule has 0 fully saturated rings. The molecule has 0 saturated heterocycles. The van der Waals surface area contributed by atoms with Crippen molar-refractivity contribution in [2.75, 3.05) is 6.54 Å². The summed E-state index contributed by atoms with van der Waals surface area (Å²) in [7, 11) is 0. The molecule has 0 aromatic carbocycles. The van der Waals surface area contributed by atoms with Crippen molar-refractivity contribution in [1.82, 2.24) is 5.32 Å². The van der Waals surface area contributed by atoms with E-state index >= 15 is 0 Å². The molecular formula is C11H22N2. The zero-order valence-electron chi connectivity index (χ0n) is 9.14. The van der Waals surface area contributed by atoms with Crippen molar-refractivity contribution in [1.29, 1.82) is 5.26 Å². The van der Waals surface area contributed by atoms with Crippen molar-refractivity contribution in [3.05, 3.63) is 0 Å². The summed E-state index contributed by atoms with van der Waals surface area (Å²) >= 11 is 0. The molecule has 0 aromatic heterocycles. The Kier molecular flexibility index (Phi) is 7.73. The highest BCUT2D eigenvalue weighted by Gasteiger charge is 2.06. The first-order valence-electron chi connectivity index (χ1n) is 5.37. The number of hydrogen-bond acceptors (Lipinski definition) is 2. The molecule has 2 unspecified atom stereocenters. The van der Waals surface area contributed by atoms with E-state index in [-0.39, 0.29) is 5.92 Å². The Morgan fingerprint density at radius 1 is 1.38 bits per heavy atom. The van der Waals surface area contributed by atoms with E-state index in [0.29, 0.717) is 6.04 Å². The fourth-order valence-corrected chi connectivity index (χ4v) is 1.29. The van der Waals surface area contributed by atoms with Gasteiger partial charge in [-0.15, -0.1) is 0 Å². The summed E-state index contributed by atoms with van der Waals surface area (Å²) in [5.74, 6) is 0.135. The van der Waals surface area contributed by atoms with Gasteiger partial charge >= 0.3 is 0 Å². The van der Waals surface area contributed by atoms with E-state index in [1.807, 2.05) is 6.92 Å². The van der Waals surface area contributed by atoms with Crippen LogP contribution in [0.1, 0.15) is 46.5 Å². The first-order chi connectivity index (χ1) is 6.24. The van der Waals surface area contributed by atoms with Crippen molar-refractivity contribution in [3.8, 4) is 6.07 Å². The minimum atomic E-state index is 0.135. The molecule has 2 heteroatoms. The molecule has 0 rings (SSSR count). The van der Waals surface area contributed by atoms with Gasteiger partial charge in [0.1, 0.15) is 0 Å². The molecule has 0 aliphatic carbocycles. The highest BCUT2D eigenvalue weighted by molar-refractivity contribution is 4.81. The van der Waals surface area contributed by atoms with Crippen LogP contribution in [-0.4, -0.2) is 12.6 Å². The molecule has 0 aliphatic heterocycles. The lowest BCUT2D eigenvalue weighted by molar-refractivity contribution is 0.435. The Hall–Kier alpha value is -0.550. The topological polar surface area (TPSA) is 35.8 Å². The second-order valence-electron chi connectivity index (χ2n) is 3.69. The SMILES string of the molecule is CCCCC(CC)NCC(C)C#N. The van der Waals surface area contributed by atoms with Crippen LogP contribution in [0, 0.1) is 17.2 Å². The third-order valence-corrected chi connectivity index (χ3v) is 2.33. The molecule has 76 valence electrons. The normalized spacial score (nSPS) is 14.9. The lowest BCUT2D eigenvalue weighted by atomic mass is 10.1. The van der Waals surface area contributed by atoms with Crippen LogP contribution in [0.2, 0.25) is 0 Å². The van der Waals surface area contributed by atoms with Crippen LogP contribution in [0.5, 0.6) is 0 Å². The van der Waals surface area contributed by atoms with Gasteiger partial charge in [0, 0.05) is 12.6 Å². The first kappa shape index (κ1) is 12.4. The maximum absolute atomic E-state index is 8.61. The zero-order valence-corrected chi connectivity index (χ0v) is 9.14. The Morgan fingerprint density at radius 2 is 2.08 bits per heavy atom. The largest absolute Gasteiger partial charge is 0.313 e. The number of nitrogens with zero attached hydrogens (tertiary/aromatic N) is 1. The van der Waals surface area contributed by atoms with Gasteiger partial charge in [-0.25, -0.2) is 0 Å². The zero-order chi connectivity index (χ0) is 10.1. The Bertz CT molecular complexity index is 149. The first-order valence-corrected chi connectivity index (χ1v) is 5.37. The quantitative estimate of drug-likeness (QED) is 0.657. The van der Waals surface area contributed by atoms with Crippen LogP contribution < -0.4 is 5.32 Å². The van der Waals surface area contributed by atoms with Crippen LogP contribution in [0.25, 0.3) is 0 Å².